The number of ether oxygens (including phenoxy) is 4. The van der Waals surface area contributed by atoms with Gasteiger partial charge < -0.3 is 18.9 Å². The summed E-state index contributed by atoms with van der Waals surface area (Å²) in [7, 11) is 1.57. The molecule has 2 aliphatic heterocycles. The lowest BCUT2D eigenvalue weighted by Gasteiger charge is -2.18. The van der Waals surface area contributed by atoms with Crippen LogP contribution in [0.15, 0.2) is 57.7 Å². The van der Waals surface area contributed by atoms with E-state index in [2.05, 4.69) is 15.9 Å². The van der Waals surface area contributed by atoms with Crippen LogP contribution in [-0.2, 0) is 14.3 Å². The van der Waals surface area contributed by atoms with Crippen molar-refractivity contribution in [2.75, 3.05) is 25.4 Å². The second-order valence-corrected chi connectivity index (χ2v) is 7.66. The average molecular weight is 486 g/mol. The average Bonchev–Trinajstić information content (AvgIpc) is 3.30. The van der Waals surface area contributed by atoms with Crippen LogP contribution in [0.5, 0.6) is 17.2 Å². The van der Waals surface area contributed by atoms with E-state index in [1.165, 1.54) is 4.90 Å². The van der Waals surface area contributed by atoms with Crippen molar-refractivity contribution in [3.8, 4) is 17.2 Å². The second-order valence-electron chi connectivity index (χ2n) is 6.80. The van der Waals surface area contributed by atoms with Gasteiger partial charge in [0.15, 0.2) is 11.5 Å². The molecule has 0 spiro atoms. The summed E-state index contributed by atoms with van der Waals surface area (Å²) in [6, 6.07) is 10.6. The van der Waals surface area contributed by atoms with Crippen molar-refractivity contribution in [2.45, 2.75) is 13.8 Å². The molecule has 2 heterocycles. The molecule has 4 rings (SSSR count). The topological polar surface area (TPSA) is 74.3 Å². The summed E-state index contributed by atoms with van der Waals surface area (Å²) in [6.45, 7) is 3.79. The van der Waals surface area contributed by atoms with Crippen LogP contribution in [0.4, 0.5) is 5.69 Å². The molecule has 0 aromatic heterocycles. The van der Waals surface area contributed by atoms with Crippen LogP contribution in [0.25, 0.3) is 6.08 Å². The van der Waals surface area contributed by atoms with Gasteiger partial charge in [0.1, 0.15) is 5.75 Å². The largest absolute Gasteiger partial charge is 0.497 e. The molecule has 1 amide bonds. The number of fused-ring (bicyclic) bond motifs is 1. The minimum Gasteiger partial charge on any atom is -0.497 e. The minimum atomic E-state index is -0.549. The monoisotopic (exact) mass is 485 g/mol. The van der Waals surface area contributed by atoms with Crippen molar-refractivity contribution in [3.63, 3.8) is 0 Å². The molecule has 0 saturated heterocycles. The van der Waals surface area contributed by atoms with Crippen LogP contribution in [0.1, 0.15) is 19.4 Å². The Labute approximate surface area is 188 Å². The number of esters is 1. The molecule has 7 nitrogen and oxygen atoms in total. The molecule has 0 bridgehead atoms. The standard InChI is InChI=1S/C23H20BrNO6/c1-4-29-23(27)21-13(2)25(15-5-7-16(28-3)8-6-15)22(26)17(21)9-14-10-19-20(11-18(14)24)31-12-30-19/h5-11H,4,12H2,1-3H3/b17-9-. The van der Waals surface area contributed by atoms with Gasteiger partial charge >= 0.3 is 5.97 Å². The van der Waals surface area contributed by atoms with E-state index >= 15 is 0 Å². The van der Waals surface area contributed by atoms with Gasteiger partial charge in [-0.15, -0.1) is 0 Å². The molecule has 160 valence electrons. The molecule has 31 heavy (non-hydrogen) atoms. The first-order chi connectivity index (χ1) is 14.9. The normalized spacial score (nSPS) is 16.3. The lowest BCUT2D eigenvalue weighted by molar-refractivity contribution is -0.138. The fraction of sp³-hybridized carbons (Fsp3) is 0.217. The van der Waals surface area contributed by atoms with Crippen molar-refractivity contribution < 1.29 is 28.5 Å². The first-order valence-corrected chi connectivity index (χ1v) is 10.4. The highest BCUT2D eigenvalue weighted by Crippen LogP contribution is 2.40. The third kappa shape index (κ3) is 3.79. The third-order valence-electron chi connectivity index (χ3n) is 5.00. The molecule has 0 fully saturated rings. The molecule has 0 atom stereocenters. The summed E-state index contributed by atoms with van der Waals surface area (Å²) in [5.41, 5.74) is 2.27. The smallest absolute Gasteiger partial charge is 0.340 e. The Balaban J connectivity index is 1.81. The molecule has 0 N–H and O–H groups in total. The Morgan fingerprint density at radius 1 is 1.19 bits per heavy atom. The number of nitrogens with zero attached hydrogens (tertiary/aromatic N) is 1. The number of carbonyl (C=O) groups is 2. The second kappa shape index (κ2) is 8.47. The highest BCUT2D eigenvalue weighted by atomic mass is 79.9. The molecular formula is C23H20BrNO6. The van der Waals surface area contributed by atoms with E-state index in [9.17, 15) is 9.59 Å². The number of allylic oxidation sites excluding steroid dienone is 1. The molecule has 0 saturated carbocycles. The van der Waals surface area contributed by atoms with Crippen LogP contribution >= 0.6 is 15.9 Å². The maximum absolute atomic E-state index is 13.4. The van der Waals surface area contributed by atoms with E-state index in [0.717, 1.165) is 0 Å². The number of halogens is 1. The molecule has 2 aliphatic rings. The van der Waals surface area contributed by atoms with Gasteiger partial charge in [-0.25, -0.2) is 4.79 Å². The van der Waals surface area contributed by atoms with Gasteiger partial charge in [-0.2, -0.15) is 0 Å². The quantitative estimate of drug-likeness (QED) is 0.459. The highest BCUT2D eigenvalue weighted by Gasteiger charge is 2.38. The Kier molecular flexibility index (Phi) is 5.73. The van der Waals surface area contributed by atoms with E-state index in [-0.39, 0.29) is 30.5 Å². The SMILES string of the molecule is CCOC(=O)C1=C(C)N(c2ccc(OC)cc2)C(=O)/C1=C\c1cc2c(cc1Br)OCO2. The van der Waals surface area contributed by atoms with Crippen LogP contribution in [0.2, 0.25) is 0 Å². The molecule has 2 aromatic carbocycles. The highest BCUT2D eigenvalue weighted by molar-refractivity contribution is 9.10. The number of benzene rings is 2. The zero-order chi connectivity index (χ0) is 22.1. The summed E-state index contributed by atoms with van der Waals surface area (Å²) in [4.78, 5) is 27.7. The summed E-state index contributed by atoms with van der Waals surface area (Å²) in [6.07, 6.45) is 1.66. The molecule has 2 aromatic rings. The maximum atomic E-state index is 13.4. The molecular weight excluding hydrogens is 466 g/mol. The van der Waals surface area contributed by atoms with Crippen LogP contribution < -0.4 is 19.1 Å². The van der Waals surface area contributed by atoms with E-state index in [1.807, 2.05) is 0 Å². The van der Waals surface area contributed by atoms with Crippen molar-refractivity contribution in [1.82, 2.24) is 0 Å². The molecule has 0 unspecified atom stereocenters. The van der Waals surface area contributed by atoms with Gasteiger partial charge in [-0.1, -0.05) is 15.9 Å². The lowest BCUT2D eigenvalue weighted by atomic mass is 10.0. The van der Waals surface area contributed by atoms with Crippen molar-refractivity contribution in [1.29, 1.82) is 0 Å². The predicted octanol–water partition coefficient (Wildman–Crippen LogP) is 4.45. The summed E-state index contributed by atoms with van der Waals surface area (Å²) < 4.78 is 22.0. The number of carbonyl (C=O) groups excluding carboxylic acids is 2. The first-order valence-electron chi connectivity index (χ1n) is 9.62. The van der Waals surface area contributed by atoms with Crippen molar-refractivity contribution in [3.05, 3.63) is 63.3 Å². The van der Waals surface area contributed by atoms with E-state index < -0.39 is 5.97 Å². The minimum absolute atomic E-state index is 0.138. The summed E-state index contributed by atoms with van der Waals surface area (Å²) in [5, 5.41) is 0. The third-order valence-corrected chi connectivity index (χ3v) is 5.69. The van der Waals surface area contributed by atoms with Crippen LogP contribution in [-0.4, -0.2) is 32.4 Å². The number of hydrogen-bond donors (Lipinski definition) is 0. The van der Waals surface area contributed by atoms with E-state index in [1.54, 1.807) is 63.4 Å². The van der Waals surface area contributed by atoms with Gasteiger partial charge in [0.25, 0.3) is 5.91 Å². The van der Waals surface area contributed by atoms with Gasteiger partial charge in [0.05, 0.1) is 24.9 Å². The number of anilines is 1. The van der Waals surface area contributed by atoms with Gasteiger partial charge in [-0.3, -0.25) is 9.69 Å². The van der Waals surface area contributed by atoms with Gasteiger partial charge in [0, 0.05) is 15.9 Å². The van der Waals surface area contributed by atoms with Crippen molar-refractivity contribution >= 4 is 39.6 Å². The molecule has 8 heteroatoms. The summed E-state index contributed by atoms with van der Waals surface area (Å²) in [5.74, 6) is 0.986. The van der Waals surface area contributed by atoms with Gasteiger partial charge in [-0.05, 0) is 61.9 Å². The fourth-order valence-electron chi connectivity index (χ4n) is 3.52. The molecule has 0 aliphatic carbocycles. The lowest BCUT2D eigenvalue weighted by Crippen LogP contribution is -2.24. The first kappa shape index (κ1) is 21.0. The van der Waals surface area contributed by atoms with Gasteiger partial charge in [0.2, 0.25) is 6.79 Å². The summed E-state index contributed by atoms with van der Waals surface area (Å²) >= 11 is 3.50. The Morgan fingerprint density at radius 2 is 1.87 bits per heavy atom. The van der Waals surface area contributed by atoms with E-state index in [4.69, 9.17) is 18.9 Å². The van der Waals surface area contributed by atoms with Crippen LogP contribution in [0, 0.1) is 0 Å². The number of amides is 1. The Morgan fingerprint density at radius 3 is 2.52 bits per heavy atom. The Hall–Kier alpha value is -3.26. The number of rotatable bonds is 5. The predicted molar refractivity (Wildman–Crippen MR) is 118 cm³/mol. The fourth-order valence-corrected chi connectivity index (χ4v) is 3.96. The Bertz CT molecular complexity index is 1120. The van der Waals surface area contributed by atoms with Crippen LogP contribution in [0.3, 0.4) is 0 Å². The number of methoxy groups -OCH3 is 1. The van der Waals surface area contributed by atoms with Crippen molar-refractivity contribution in [2.24, 2.45) is 0 Å². The number of hydrogen-bond acceptors (Lipinski definition) is 6. The zero-order valence-corrected chi connectivity index (χ0v) is 18.8. The zero-order valence-electron chi connectivity index (χ0n) is 17.2. The molecule has 0 radical (unpaired) electrons. The van der Waals surface area contributed by atoms with E-state index in [0.29, 0.717) is 38.7 Å². The maximum Gasteiger partial charge on any atom is 0.340 e.